The third-order valence-corrected chi connectivity index (χ3v) is 3.69. The van der Waals surface area contributed by atoms with Gasteiger partial charge >= 0.3 is 0 Å². The van der Waals surface area contributed by atoms with Crippen molar-refractivity contribution in [3.63, 3.8) is 0 Å². The zero-order valence-electron chi connectivity index (χ0n) is 12.2. The number of nitrogens with one attached hydrogen (secondary N) is 1. The van der Waals surface area contributed by atoms with Crippen molar-refractivity contribution in [3.05, 3.63) is 66.1 Å². The first-order chi connectivity index (χ1) is 10.7. The third kappa shape index (κ3) is 2.55. The van der Waals surface area contributed by atoms with Gasteiger partial charge in [-0.25, -0.2) is 0 Å². The minimum Gasteiger partial charge on any atom is -0.508 e. The highest BCUT2D eigenvalue weighted by Gasteiger charge is 2.24. The lowest BCUT2D eigenvalue weighted by atomic mass is 9.96. The minimum atomic E-state index is -0.520. The second kappa shape index (κ2) is 5.93. The average molecular weight is 295 g/mol. The van der Waals surface area contributed by atoms with Crippen LogP contribution in [0.5, 0.6) is 5.75 Å². The Balaban J connectivity index is 2.19. The molecule has 0 aliphatic rings. The lowest BCUT2D eigenvalue weighted by Gasteiger charge is -2.20. The number of furan rings is 1. The van der Waals surface area contributed by atoms with Crippen molar-refractivity contribution < 1.29 is 14.3 Å². The summed E-state index contributed by atoms with van der Waals surface area (Å²) in [5.41, 5.74) is 0.648. The van der Waals surface area contributed by atoms with Crippen LogP contribution in [0.15, 0.2) is 59.2 Å². The molecule has 1 aromatic heterocycles. The van der Waals surface area contributed by atoms with E-state index in [1.54, 1.807) is 31.4 Å². The van der Waals surface area contributed by atoms with Gasteiger partial charge in [0.25, 0.3) is 0 Å². The molecule has 4 heteroatoms. The van der Waals surface area contributed by atoms with Gasteiger partial charge in [-0.15, -0.1) is 0 Å². The Morgan fingerprint density at radius 1 is 1.18 bits per heavy atom. The topological polar surface area (TPSA) is 62.5 Å². The fourth-order valence-corrected chi connectivity index (χ4v) is 2.59. The molecule has 0 bridgehead atoms. The fourth-order valence-electron chi connectivity index (χ4n) is 2.59. The van der Waals surface area contributed by atoms with Crippen molar-refractivity contribution in [2.24, 2.45) is 0 Å². The lowest BCUT2D eigenvalue weighted by Crippen LogP contribution is -2.28. The normalized spacial score (nSPS) is 12.2. The van der Waals surface area contributed by atoms with Gasteiger partial charge in [-0.1, -0.05) is 37.3 Å². The molecule has 22 heavy (non-hydrogen) atoms. The second-order valence-electron chi connectivity index (χ2n) is 5.09. The summed E-state index contributed by atoms with van der Waals surface area (Å²) in [5, 5.41) is 15.2. The molecule has 1 heterocycles. The molecule has 3 aromatic rings. The van der Waals surface area contributed by atoms with Crippen LogP contribution in [0.4, 0.5) is 0 Å². The van der Waals surface area contributed by atoms with Gasteiger partial charge < -0.3 is 14.8 Å². The Morgan fingerprint density at radius 2 is 2.00 bits per heavy atom. The van der Waals surface area contributed by atoms with Crippen LogP contribution >= 0.6 is 0 Å². The maximum atomic E-state index is 11.9. The predicted molar refractivity (Wildman–Crippen MR) is 84.6 cm³/mol. The molecule has 0 aliphatic heterocycles. The third-order valence-electron chi connectivity index (χ3n) is 3.69. The van der Waals surface area contributed by atoms with Crippen LogP contribution in [0.2, 0.25) is 0 Å². The molecule has 1 atom stereocenters. The van der Waals surface area contributed by atoms with E-state index in [0.717, 1.165) is 10.8 Å². The van der Waals surface area contributed by atoms with Gasteiger partial charge in [0, 0.05) is 12.0 Å². The van der Waals surface area contributed by atoms with E-state index in [1.165, 1.54) is 0 Å². The van der Waals surface area contributed by atoms with Crippen LogP contribution < -0.4 is 5.32 Å². The predicted octanol–water partition coefficient (Wildman–Crippen LogP) is 3.75. The zero-order chi connectivity index (χ0) is 15.5. The van der Waals surface area contributed by atoms with Crippen molar-refractivity contribution >= 4 is 16.7 Å². The molecule has 2 aromatic carbocycles. The lowest BCUT2D eigenvalue weighted by molar-refractivity contribution is -0.121. The molecule has 112 valence electrons. The Kier molecular flexibility index (Phi) is 3.83. The molecule has 3 rings (SSSR count). The monoisotopic (exact) mass is 295 g/mol. The summed E-state index contributed by atoms with van der Waals surface area (Å²) in [6.07, 6.45) is 1.92. The minimum absolute atomic E-state index is 0.103. The maximum Gasteiger partial charge on any atom is 0.220 e. The molecule has 0 saturated heterocycles. The van der Waals surface area contributed by atoms with Crippen molar-refractivity contribution in [2.45, 2.75) is 19.4 Å². The highest BCUT2D eigenvalue weighted by molar-refractivity contribution is 5.89. The standard InChI is InChI=1S/C18H17NO3/c1-2-16(21)19-18(15-8-5-11-22-15)17-13-7-4-3-6-12(13)9-10-14(17)20/h3-11,18,20H,2H2,1H3,(H,19,21)/t18-/m1/s1. The van der Waals surface area contributed by atoms with Crippen LogP contribution in [-0.4, -0.2) is 11.0 Å². The SMILES string of the molecule is CCC(=O)N[C@H](c1ccco1)c1c(O)ccc2ccccc12. The number of benzene rings is 2. The molecular weight excluding hydrogens is 278 g/mol. The quantitative estimate of drug-likeness (QED) is 0.770. The van der Waals surface area contributed by atoms with E-state index < -0.39 is 6.04 Å². The van der Waals surface area contributed by atoms with E-state index in [9.17, 15) is 9.90 Å². The first-order valence-corrected chi connectivity index (χ1v) is 7.24. The summed E-state index contributed by atoms with van der Waals surface area (Å²) in [6, 6.07) is 14.3. The van der Waals surface area contributed by atoms with Crippen molar-refractivity contribution in [1.29, 1.82) is 0 Å². The van der Waals surface area contributed by atoms with Crippen LogP contribution in [0.25, 0.3) is 10.8 Å². The molecule has 0 fully saturated rings. The first-order valence-electron chi connectivity index (χ1n) is 7.24. The summed E-state index contributed by atoms with van der Waals surface area (Å²) in [7, 11) is 0. The highest BCUT2D eigenvalue weighted by atomic mass is 16.3. The molecular formula is C18H17NO3. The Labute approximate surface area is 128 Å². The number of phenols is 1. The maximum absolute atomic E-state index is 11.9. The molecule has 0 aliphatic carbocycles. The number of hydrogen-bond acceptors (Lipinski definition) is 3. The van der Waals surface area contributed by atoms with Crippen molar-refractivity contribution in [2.75, 3.05) is 0 Å². The van der Waals surface area contributed by atoms with Crippen LogP contribution in [0.3, 0.4) is 0 Å². The Hall–Kier alpha value is -2.75. The fraction of sp³-hybridized carbons (Fsp3) is 0.167. The van der Waals surface area contributed by atoms with Crippen LogP contribution in [-0.2, 0) is 4.79 Å². The molecule has 2 N–H and O–H groups in total. The van der Waals surface area contributed by atoms with Crippen molar-refractivity contribution in [1.82, 2.24) is 5.32 Å². The molecule has 0 saturated carbocycles. The van der Waals surface area contributed by atoms with Crippen molar-refractivity contribution in [3.8, 4) is 5.75 Å². The number of fused-ring (bicyclic) bond motifs is 1. The summed E-state index contributed by atoms with van der Waals surface area (Å²) in [6.45, 7) is 1.79. The summed E-state index contributed by atoms with van der Waals surface area (Å²) < 4.78 is 5.47. The summed E-state index contributed by atoms with van der Waals surface area (Å²) >= 11 is 0. The molecule has 0 radical (unpaired) electrons. The number of phenolic OH excluding ortho intramolecular Hbond substituents is 1. The van der Waals surface area contributed by atoms with Crippen LogP contribution in [0, 0.1) is 0 Å². The van der Waals surface area contributed by atoms with Gasteiger partial charge in [-0.05, 0) is 29.0 Å². The van der Waals surface area contributed by atoms with E-state index in [2.05, 4.69) is 5.32 Å². The number of aromatic hydroxyl groups is 1. The second-order valence-corrected chi connectivity index (χ2v) is 5.09. The molecule has 0 spiro atoms. The molecule has 4 nitrogen and oxygen atoms in total. The Morgan fingerprint density at radius 3 is 2.73 bits per heavy atom. The number of rotatable bonds is 4. The van der Waals surface area contributed by atoms with E-state index in [0.29, 0.717) is 17.7 Å². The van der Waals surface area contributed by atoms with Gasteiger partial charge in [0.15, 0.2) is 0 Å². The van der Waals surface area contributed by atoms with Gasteiger partial charge in [0.05, 0.1) is 6.26 Å². The van der Waals surface area contributed by atoms with Gasteiger partial charge in [-0.3, -0.25) is 4.79 Å². The van der Waals surface area contributed by atoms with E-state index >= 15 is 0 Å². The average Bonchev–Trinajstić information content (AvgIpc) is 3.07. The summed E-state index contributed by atoms with van der Waals surface area (Å²) in [5.74, 6) is 0.624. The largest absolute Gasteiger partial charge is 0.508 e. The number of carbonyl (C=O) groups is 1. The van der Waals surface area contributed by atoms with Crippen LogP contribution in [0.1, 0.15) is 30.7 Å². The number of hydrogen-bond donors (Lipinski definition) is 2. The highest BCUT2D eigenvalue weighted by Crippen LogP contribution is 2.35. The summed E-state index contributed by atoms with van der Waals surface area (Å²) in [4.78, 5) is 11.9. The number of carbonyl (C=O) groups excluding carboxylic acids is 1. The van der Waals surface area contributed by atoms with Gasteiger partial charge in [0.1, 0.15) is 17.6 Å². The molecule has 1 amide bonds. The van der Waals surface area contributed by atoms with E-state index in [-0.39, 0.29) is 11.7 Å². The first kappa shape index (κ1) is 14.2. The van der Waals surface area contributed by atoms with E-state index in [1.807, 2.05) is 30.3 Å². The number of amides is 1. The van der Waals surface area contributed by atoms with Gasteiger partial charge in [-0.2, -0.15) is 0 Å². The molecule has 0 unspecified atom stereocenters. The van der Waals surface area contributed by atoms with E-state index in [4.69, 9.17) is 4.42 Å². The van der Waals surface area contributed by atoms with Gasteiger partial charge in [0.2, 0.25) is 5.91 Å². The smallest absolute Gasteiger partial charge is 0.220 e. The zero-order valence-corrected chi connectivity index (χ0v) is 12.2. The Bertz CT molecular complexity index is 793.